The second-order valence-electron chi connectivity index (χ2n) is 22.8. The summed E-state index contributed by atoms with van der Waals surface area (Å²) in [5, 5.41) is 0. The SMILES string of the molecule is CCCCCCCCCCCCCCCCCCCC(=O)[N+](CCCC)(CCCC)CCCC.CCCCCCCCCCCCCCCCCCCC(=O)[N+](CCCC)(CCCC)CCCC.O=S(=O)([O-])[O-]. The molecule has 73 heavy (non-hydrogen) atoms. The average Bonchev–Trinajstić information content (AvgIpc) is 3.37. The maximum atomic E-state index is 13.3. The molecule has 0 atom stereocenters. The third-order valence-electron chi connectivity index (χ3n) is 15.7. The molecule has 9 heteroatoms. The minimum absolute atomic E-state index is 0.552. The Morgan fingerprint density at radius 1 is 0.247 bits per heavy atom. The van der Waals surface area contributed by atoms with Crippen molar-refractivity contribution in [3.05, 3.63) is 0 Å². The van der Waals surface area contributed by atoms with Crippen LogP contribution in [0.5, 0.6) is 0 Å². The Morgan fingerprint density at radius 2 is 0.370 bits per heavy atom. The first-order chi connectivity index (χ1) is 35.3. The second kappa shape index (κ2) is 58.8. The molecule has 0 aromatic carbocycles. The van der Waals surface area contributed by atoms with Gasteiger partial charge in [-0.25, -0.2) is 9.59 Å². The predicted octanol–water partition coefficient (Wildman–Crippen LogP) is 20.2. The van der Waals surface area contributed by atoms with Gasteiger partial charge in [0.05, 0.1) is 52.1 Å². The summed E-state index contributed by atoms with van der Waals surface area (Å²) >= 11 is 0. The molecule has 0 N–H and O–H groups in total. The Morgan fingerprint density at radius 3 is 0.507 bits per heavy atom. The summed E-state index contributed by atoms with van der Waals surface area (Å²) in [4.78, 5) is 26.6. The van der Waals surface area contributed by atoms with E-state index in [0.717, 1.165) is 73.9 Å². The zero-order valence-corrected chi connectivity index (χ0v) is 51.8. The molecular weight excluding hydrogens is 925 g/mol. The van der Waals surface area contributed by atoms with Crippen LogP contribution in [0.3, 0.4) is 0 Å². The number of carbonyl (C=O) groups is 2. The summed E-state index contributed by atoms with van der Waals surface area (Å²) in [6, 6.07) is 0. The van der Waals surface area contributed by atoms with E-state index in [2.05, 4.69) is 55.4 Å². The van der Waals surface area contributed by atoms with E-state index in [4.69, 9.17) is 17.5 Å². The van der Waals surface area contributed by atoms with E-state index >= 15 is 0 Å². The van der Waals surface area contributed by atoms with Crippen LogP contribution in [0.15, 0.2) is 0 Å². The van der Waals surface area contributed by atoms with Crippen LogP contribution in [-0.2, 0) is 20.0 Å². The van der Waals surface area contributed by atoms with Crippen molar-refractivity contribution in [2.75, 3.05) is 39.3 Å². The van der Waals surface area contributed by atoms with Crippen LogP contribution in [0, 0.1) is 0 Å². The molecule has 0 aliphatic heterocycles. The van der Waals surface area contributed by atoms with Gasteiger partial charge in [0.1, 0.15) is 0 Å². The molecule has 0 aliphatic rings. The van der Waals surface area contributed by atoms with Gasteiger partial charge in [0.2, 0.25) is 0 Å². The van der Waals surface area contributed by atoms with Gasteiger partial charge in [-0.3, -0.25) is 17.4 Å². The summed E-state index contributed by atoms with van der Waals surface area (Å²) < 4.78 is 35.7. The molecule has 0 fully saturated rings. The Hall–Kier alpha value is -0.870. The number of hydrogen-bond donors (Lipinski definition) is 0. The van der Waals surface area contributed by atoms with Crippen molar-refractivity contribution in [2.24, 2.45) is 0 Å². The summed E-state index contributed by atoms with van der Waals surface area (Å²) in [6.45, 7) is 24.6. The highest BCUT2D eigenvalue weighted by Crippen LogP contribution is 2.22. The van der Waals surface area contributed by atoms with E-state index in [0.29, 0.717) is 11.8 Å². The molecule has 0 saturated heterocycles. The zero-order chi connectivity index (χ0) is 54.8. The molecule has 0 heterocycles. The molecule has 0 aromatic rings. The van der Waals surface area contributed by atoms with Gasteiger partial charge < -0.3 is 9.11 Å². The molecule has 440 valence electrons. The summed E-state index contributed by atoms with van der Waals surface area (Å²) in [5.74, 6) is 1.10. The van der Waals surface area contributed by atoms with Crippen molar-refractivity contribution in [1.29, 1.82) is 0 Å². The second-order valence-corrected chi connectivity index (χ2v) is 23.6. The minimum atomic E-state index is -5.17. The smallest absolute Gasteiger partial charge is 0.313 e. The van der Waals surface area contributed by atoms with Crippen molar-refractivity contribution >= 4 is 22.2 Å². The number of hydrogen-bond acceptors (Lipinski definition) is 6. The number of quaternary nitrogens is 2. The summed E-state index contributed by atoms with van der Waals surface area (Å²) in [7, 11) is -5.17. The number of unbranched alkanes of at least 4 members (excludes halogenated alkanes) is 38. The number of carbonyl (C=O) groups excluding carboxylic acids is 2. The van der Waals surface area contributed by atoms with Gasteiger partial charge in [-0.05, 0) is 51.4 Å². The molecule has 8 nitrogen and oxygen atoms in total. The molecule has 0 radical (unpaired) electrons. The number of amides is 2. The van der Waals surface area contributed by atoms with Gasteiger partial charge >= 0.3 is 11.8 Å². The molecule has 0 bridgehead atoms. The highest BCUT2D eigenvalue weighted by molar-refractivity contribution is 7.79. The van der Waals surface area contributed by atoms with Gasteiger partial charge in [-0.15, -0.1) is 0 Å². The van der Waals surface area contributed by atoms with Crippen LogP contribution in [0.1, 0.15) is 364 Å². The number of nitrogens with zero attached hydrogens (tertiary/aromatic N) is 2. The molecule has 0 rings (SSSR count). The Balaban J connectivity index is -0.00000123. The first-order valence-corrected chi connectivity index (χ1v) is 34.1. The topological polar surface area (TPSA) is 114 Å². The van der Waals surface area contributed by atoms with E-state index in [-0.39, 0.29) is 0 Å². The Kier molecular flexibility index (Phi) is 61.5. The van der Waals surface area contributed by atoms with Gasteiger partial charge in [-0.2, -0.15) is 0 Å². The van der Waals surface area contributed by atoms with Crippen molar-refractivity contribution in [2.45, 2.75) is 364 Å². The lowest BCUT2D eigenvalue weighted by Crippen LogP contribution is -2.54. The summed E-state index contributed by atoms with van der Waals surface area (Å²) in [6.07, 6.45) is 63.4. The standard InChI is InChI=1S/2C32H66NO.H2O4S/c2*1-5-9-13-14-15-16-17-18-19-20-21-22-23-24-25-26-27-28-32(34)33(29-10-6-2,30-11-7-3)31-12-8-4;1-5(2,3)4/h2*5-31H2,1-4H3;(H2,1,2,3,4)/q2*+1;/p-2. The summed E-state index contributed by atoms with van der Waals surface area (Å²) in [5.41, 5.74) is 0. The van der Waals surface area contributed by atoms with Crippen molar-refractivity contribution < 1.29 is 36.1 Å². The predicted molar refractivity (Wildman–Crippen MR) is 317 cm³/mol. The van der Waals surface area contributed by atoms with Gasteiger partial charge in [0.15, 0.2) is 0 Å². The number of rotatable bonds is 54. The van der Waals surface area contributed by atoms with E-state index in [1.165, 1.54) is 283 Å². The lowest BCUT2D eigenvalue weighted by atomic mass is 10.0. The molecular formula is C64H132N2O6S. The third-order valence-corrected chi connectivity index (χ3v) is 15.7. The van der Waals surface area contributed by atoms with Crippen LogP contribution in [0.4, 0.5) is 0 Å². The lowest BCUT2D eigenvalue weighted by Gasteiger charge is -2.36. The van der Waals surface area contributed by atoms with E-state index in [9.17, 15) is 9.59 Å². The van der Waals surface area contributed by atoms with E-state index < -0.39 is 10.4 Å². The van der Waals surface area contributed by atoms with E-state index in [1.54, 1.807) is 0 Å². The van der Waals surface area contributed by atoms with Crippen LogP contribution >= 0.6 is 0 Å². The van der Waals surface area contributed by atoms with Crippen molar-refractivity contribution in [3.63, 3.8) is 0 Å². The molecule has 0 unspecified atom stereocenters. The minimum Gasteiger partial charge on any atom is -0.759 e. The molecule has 0 aromatic heterocycles. The Labute approximate surface area is 459 Å². The van der Waals surface area contributed by atoms with Crippen LogP contribution < -0.4 is 0 Å². The Bertz CT molecular complexity index is 1100. The lowest BCUT2D eigenvalue weighted by molar-refractivity contribution is -0.856. The molecule has 2 amide bonds. The van der Waals surface area contributed by atoms with Gasteiger partial charge in [-0.1, -0.05) is 299 Å². The highest BCUT2D eigenvalue weighted by atomic mass is 32.3. The normalized spacial score (nSPS) is 11.9. The quantitative estimate of drug-likeness (QED) is 0.0259. The van der Waals surface area contributed by atoms with Crippen LogP contribution in [-0.4, -0.2) is 77.6 Å². The molecule has 0 aliphatic carbocycles. The monoisotopic (exact) mass is 1060 g/mol. The van der Waals surface area contributed by atoms with Crippen molar-refractivity contribution in [3.8, 4) is 0 Å². The maximum absolute atomic E-state index is 13.3. The molecule has 0 spiro atoms. The largest absolute Gasteiger partial charge is 0.759 e. The van der Waals surface area contributed by atoms with E-state index in [1.807, 2.05) is 0 Å². The first kappa shape index (κ1) is 76.4. The van der Waals surface area contributed by atoms with Gasteiger partial charge in [0, 0.05) is 10.4 Å². The van der Waals surface area contributed by atoms with Gasteiger partial charge in [0.25, 0.3) is 0 Å². The fraction of sp³-hybridized carbons (Fsp3) is 0.969. The fourth-order valence-electron chi connectivity index (χ4n) is 10.7. The highest BCUT2D eigenvalue weighted by Gasteiger charge is 2.35. The fourth-order valence-corrected chi connectivity index (χ4v) is 10.7. The van der Waals surface area contributed by atoms with Crippen LogP contribution in [0.2, 0.25) is 0 Å². The maximum Gasteiger partial charge on any atom is 0.313 e. The zero-order valence-electron chi connectivity index (χ0n) is 50.9. The average molecular weight is 1060 g/mol. The third kappa shape index (κ3) is 54.3. The van der Waals surface area contributed by atoms with Crippen LogP contribution in [0.25, 0.3) is 0 Å². The van der Waals surface area contributed by atoms with Crippen molar-refractivity contribution in [1.82, 2.24) is 0 Å². The first-order valence-electron chi connectivity index (χ1n) is 32.8. The molecule has 0 saturated carbocycles.